The van der Waals surface area contributed by atoms with E-state index < -0.39 is 0 Å². The van der Waals surface area contributed by atoms with Crippen molar-refractivity contribution in [3.63, 3.8) is 0 Å². The van der Waals surface area contributed by atoms with Crippen molar-refractivity contribution in [1.29, 1.82) is 0 Å². The van der Waals surface area contributed by atoms with Gasteiger partial charge in [0.05, 0.1) is 6.61 Å². The van der Waals surface area contributed by atoms with E-state index in [0.717, 1.165) is 16.5 Å². The van der Waals surface area contributed by atoms with E-state index in [-0.39, 0.29) is 5.97 Å². The van der Waals surface area contributed by atoms with Gasteiger partial charge in [0, 0.05) is 14.5 Å². The number of rotatable bonds is 4. The van der Waals surface area contributed by atoms with E-state index >= 15 is 0 Å². The summed E-state index contributed by atoms with van der Waals surface area (Å²) in [6, 6.07) is 6.14. The van der Waals surface area contributed by atoms with Gasteiger partial charge in [0.25, 0.3) is 0 Å². The monoisotopic (exact) mass is 382 g/mol. The third-order valence-corrected chi connectivity index (χ3v) is 2.93. The van der Waals surface area contributed by atoms with Crippen molar-refractivity contribution >= 4 is 44.5 Å². The Hall–Kier alpha value is -0.100. The Kier molecular flexibility index (Phi) is 5.60. The molecule has 15 heavy (non-hydrogen) atoms. The fourth-order valence-electron chi connectivity index (χ4n) is 1.23. The Bertz CT molecular complexity index is 332. The zero-order chi connectivity index (χ0) is 11.3. The lowest BCUT2D eigenvalue weighted by atomic mass is 10.1. The maximum atomic E-state index is 11.2. The number of ether oxygens (including phenoxy) is 1. The quantitative estimate of drug-likeness (QED) is 0.588. The molecule has 1 aromatic rings. The highest BCUT2D eigenvalue weighted by Gasteiger charge is 2.03. The minimum atomic E-state index is -0.132. The molecule has 2 nitrogen and oxygen atoms in total. The lowest BCUT2D eigenvalue weighted by Crippen LogP contribution is -2.05. The van der Waals surface area contributed by atoms with Crippen LogP contribution in [0.2, 0.25) is 0 Å². The average molecular weight is 383 g/mol. The Balaban J connectivity index is 2.54. The van der Waals surface area contributed by atoms with Gasteiger partial charge in [-0.05, 0) is 59.7 Å². The van der Waals surface area contributed by atoms with Crippen LogP contribution in [0.25, 0.3) is 0 Å². The Morgan fingerprint density at radius 1 is 1.47 bits per heavy atom. The number of aryl methyl sites for hydroxylation is 1. The third kappa shape index (κ3) is 4.97. The number of halogens is 2. The van der Waals surface area contributed by atoms with Crippen LogP contribution in [-0.4, -0.2) is 12.6 Å². The predicted octanol–water partition coefficient (Wildman–Crippen LogP) is 3.55. The molecule has 1 rings (SSSR count). The van der Waals surface area contributed by atoms with E-state index in [1.165, 1.54) is 3.57 Å². The smallest absolute Gasteiger partial charge is 0.306 e. The van der Waals surface area contributed by atoms with Gasteiger partial charge in [-0.15, -0.1) is 0 Å². The van der Waals surface area contributed by atoms with Gasteiger partial charge in [-0.3, -0.25) is 4.79 Å². The van der Waals surface area contributed by atoms with Gasteiger partial charge < -0.3 is 4.74 Å². The highest BCUT2D eigenvalue weighted by molar-refractivity contribution is 14.1. The van der Waals surface area contributed by atoms with Crippen LogP contribution in [0, 0.1) is 3.57 Å². The molecule has 0 saturated heterocycles. The van der Waals surface area contributed by atoms with Gasteiger partial charge in [0.1, 0.15) is 0 Å². The SMILES string of the molecule is CCOC(=O)CCc1cc(Br)cc(I)c1. The second-order valence-corrected chi connectivity index (χ2v) is 5.24. The van der Waals surface area contributed by atoms with Crippen LogP contribution in [0.3, 0.4) is 0 Å². The van der Waals surface area contributed by atoms with Gasteiger partial charge in [-0.1, -0.05) is 15.9 Å². The summed E-state index contributed by atoms with van der Waals surface area (Å²) in [7, 11) is 0. The average Bonchev–Trinajstić information content (AvgIpc) is 2.14. The summed E-state index contributed by atoms with van der Waals surface area (Å²) in [4.78, 5) is 11.2. The number of hydrogen-bond donors (Lipinski definition) is 0. The summed E-state index contributed by atoms with van der Waals surface area (Å²) in [6.07, 6.45) is 1.18. The molecule has 0 unspecified atom stereocenters. The Labute approximate surface area is 112 Å². The van der Waals surface area contributed by atoms with Crippen LogP contribution in [0.4, 0.5) is 0 Å². The molecule has 0 aliphatic carbocycles. The van der Waals surface area contributed by atoms with E-state index in [2.05, 4.69) is 44.6 Å². The van der Waals surface area contributed by atoms with Crippen molar-refractivity contribution in [3.05, 3.63) is 31.8 Å². The molecule has 82 valence electrons. The molecule has 0 N–H and O–H groups in total. The second kappa shape index (κ2) is 6.48. The zero-order valence-electron chi connectivity index (χ0n) is 8.43. The molecule has 0 aromatic heterocycles. The molecule has 0 amide bonds. The van der Waals surface area contributed by atoms with E-state index in [1.807, 2.05) is 19.1 Å². The Morgan fingerprint density at radius 2 is 2.20 bits per heavy atom. The molecule has 1 aromatic carbocycles. The van der Waals surface area contributed by atoms with Crippen LogP contribution in [0.5, 0.6) is 0 Å². The minimum absolute atomic E-state index is 0.132. The second-order valence-electron chi connectivity index (χ2n) is 3.08. The molecule has 0 radical (unpaired) electrons. The normalized spacial score (nSPS) is 10.1. The van der Waals surface area contributed by atoms with Crippen molar-refractivity contribution in [2.24, 2.45) is 0 Å². The fourth-order valence-corrected chi connectivity index (χ4v) is 2.94. The summed E-state index contributed by atoms with van der Waals surface area (Å²) in [5.41, 5.74) is 1.15. The van der Waals surface area contributed by atoms with Gasteiger partial charge in [0.2, 0.25) is 0 Å². The summed E-state index contributed by atoms with van der Waals surface area (Å²) in [5.74, 6) is -0.132. The van der Waals surface area contributed by atoms with Gasteiger partial charge >= 0.3 is 5.97 Å². The third-order valence-electron chi connectivity index (χ3n) is 1.85. The minimum Gasteiger partial charge on any atom is -0.466 e. The van der Waals surface area contributed by atoms with Crippen molar-refractivity contribution in [1.82, 2.24) is 0 Å². The molecule has 0 heterocycles. The van der Waals surface area contributed by atoms with Crippen LogP contribution in [0.1, 0.15) is 18.9 Å². The molecular weight excluding hydrogens is 371 g/mol. The summed E-state index contributed by atoms with van der Waals surface area (Å²) in [6.45, 7) is 2.27. The van der Waals surface area contributed by atoms with Gasteiger partial charge in [-0.25, -0.2) is 0 Å². The van der Waals surface area contributed by atoms with E-state index in [4.69, 9.17) is 4.74 Å². The molecule has 0 aliphatic heterocycles. The first kappa shape index (κ1) is 13.0. The van der Waals surface area contributed by atoms with Crippen molar-refractivity contribution in [3.8, 4) is 0 Å². The summed E-state index contributed by atoms with van der Waals surface area (Å²) >= 11 is 5.69. The van der Waals surface area contributed by atoms with Crippen LogP contribution in [-0.2, 0) is 16.0 Å². The molecule has 0 spiro atoms. The first-order valence-electron chi connectivity index (χ1n) is 4.72. The largest absolute Gasteiger partial charge is 0.466 e. The zero-order valence-corrected chi connectivity index (χ0v) is 12.2. The number of carbonyl (C=O) groups excluding carboxylic acids is 1. The fraction of sp³-hybridized carbons (Fsp3) is 0.364. The number of benzene rings is 1. The summed E-state index contributed by atoms with van der Waals surface area (Å²) < 4.78 is 7.09. The standard InChI is InChI=1S/C11H12BrIO2/c1-2-15-11(14)4-3-8-5-9(12)7-10(13)6-8/h5-7H,2-4H2,1H3. The molecule has 0 aliphatic rings. The van der Waals surface area contributed by atoms with Crippen molar-refractivity contribution in [2.45, 2.75) is 19.8 Å². The molecular formula is C11H12BrIO2. The number of esters is 1. The predicted molar refractivity (Wildman–Crippen MR) is 71.8 cm³/mol. The van der Waals surface area contributed by atoms with Crippen LogP contribution >= 0.6 is 38.5 Å². The highest BCUT2D eigenvalue weighted by Crippen LogP contribution is 2.18. The van der Waals surface area contributed by atoms with E-state index in [9.17, 15) is 4.79 Å². The van der Waals surface area contributed by atoms with Crippen molar-refractivity contribution < 1.29 is 9.53 Å². The first-order chi connectivity index (χ1) is 7.11. The van der Waals surface area contributed by atoms with Gasteiger partial charge in [0.15, 0.2) is 0 Å². The topological polar surface area (TPSA) is 26.3 Å². The lowest BCUT2D eigenvalue weighted by molar-refractivity contribution is -0.143. The lowest BCUT2D eigenvalue weighted by Gasteiger charge is -2.03. The molecule has 0 fully saturated rings. The van der Waals surface area contributed by atoms with E-state index in [1.54, 1.807) is 0 Å². The maximum absolute atomic E-state index is 11.2. The van der Waals surface area contributed by atoms with Crippen LogP contribution < -0.4 is 0 Å². The number of hydrogen-bond acceptors (Lipinski definition) is 2. The number of carbonyl (C=O) groups is 1. The first-order valence-corrected chi connectivity index (χ1v) is 6.59. The van der Waals surface area contributed by atoms with Crippen LogP contribution in [0.15, 0.2) is 22.7 Å². The molecule has 0 atom stereocenters. The summed E-state index contributed by atoms with van der Waals surface area (Å²) in [5, 5.41) is 0. The Morgan fingerprint density at radius 3 is 2.80 bits per heavy atom. The van der Waals surface area contributed by atoms with E-state index in [0.29, 0.717) is 13.0 Å². The molecule has 4 heteroatoms. The molecule has 0 saturated carbocycles. The highest BCUT2D eigenvalue weighted by atomic mass is 127. The maximum Gasteiger partial charge on any atom is 0.306 e. The van der Waals surface area contributed by atoms with Gasteiger partial charge in [-0.2, -0.15) is 0 Å². The molecule has 0 bridgehead atoms. The van der Waals surface area contributed by atoms with Crippen molar-refractivity contribution in [2.75, 3.05) is 6.61 Å².